The summed E-state index contributed by atoms with van der Waals surface area (Å²) in [5.41, 5.74) is 0.860. The van der Waals surface area contributed by atoms with E-state index >= 15 is 0 Å². The Morgan fingerprint density at radius 2 is 1.57 bits per heavy atom. The highest BCUT2D eigenvalue weighted by Gasteiger charge is 2.53. The zero-order valence-corrected chi connectivity index (χ0v) is 16.9. The maximum Gasteiger partial charge on any atom is 0.338 e. The molecule has 2 saturated heterocycles. The van der Waals surface area contributed by atoms with Crippen LogP contribution in [0.1, 0.15) is 34.6 Å². The molecule has 7 nitrogen and oxygen atoms in total. The van der Waals surface area contributed by atoms with Crippen LogP contribution < -0.4 is 0 Å². The summed E-state index contributed by atoms with van der Waals surface area (Å²) in [4.78, 5) is 25.0. The van der Waals surface area contributed by atoms with E-state index in [1.807, 2.05) is 12.1 Å². The molecular weight excluding hydrogens is 388 g/mol. The van der Waals surface area contributed by atoms with E-state index in [0.717, 1.165) is 0 Å². The quantitative estimate of drug-likeness (QED) is 0.699. The maximum absolute atomic E-state index is 12.7. The number of rotatable bonds is 5. The van der Waals surface area contributed by atoms with Gasteiger partial charge in [-0.25, -0.2) is 9.59 Å². The van der Waals surface area contributed by atoms with Gasteiger partial charge in [0.25, 0.3) is 0 Å². The molecule has 0 saturated carbocycles. The second kappa shape index (κ2) is 8.55. The third-order valence-corrected chi connectivity index (χ3v) is 5.06. The van der Waals surface area contributed by atoms with E-state index < -0.39 is 42.1 Å². The SMILES string of the molecule is CC1(C)OC[C@@H]2O[C@H](COC(=O)c3ccccc3)[C@@H](OC(=O)c3ccccc3)[C@@H]2O1. The maximum atomic E-state index is 12.7. The second-order valence-electron chi connectivity index (χ2n) is 7.71. The molecule has 0 aliphatic carbocycles. The van der Waals surface area contributed by atoms with Crippen molar-refractivity contribution in [1.82, 2.24) is 0 Å². The number of fused-ring (bicyclic) bond motifs is 1. The van der Waals surface area contributed by atoms with Gasteiger partial charge < -0.3 is 23.7 Å². The number of esters is 2. The normalized spacial score (nSPS) is 27.1. The molecule has 158 valence electrons. The third-order valence-electron chi connectivity index (χ3n) is 5.06. The van der Waals surface area contributed by atoms with Crippen molar-refractivity contribution in [1.29, 1.82) is 0 Å². The lowest BCUT2D eigenvalue weighted by Gasteiger charge is -2.38. The van der Waals surface area contributed by atoms with Crippen molar-refractivity contribution in [3.8, 4) is 0 Å². The summed E-state index contributed by atoms with van der Waals surface area (Å²) in [6.07, 6.45) is -2.36. The van der Waals surface area contributed by atoms with E-state index in [0.29, 0.717) is 17.7 Å². The van der Waals surface area contributed by atoms with Crippen LogP contribution >= 0.6 is 0 Å². The van der Waals surface area contributed by atoms with Crippen molar-refractivity contribution in [3.63, 3.8) is 0 Å². The molecule has 7 heteroatoms. The first kappa shape index (κ1) is 20.5. The van der Waals surface area contributed by atoms with Gasteiger partial charge in [0.2, 0.25) is 0 Å². The number of hydrogen-bond donors (Lipinski definition) is 0. The molecule has 0 aromatic heterocycles. The van der Waals surface area contributed by atoms with Crippen molar-refractivity contribution in [3.05, 3.63) is 71.8 Å². The van der Waals surface area contributed by atoms with Crippen LogP contribution in [0.5, 0.6) is 0 Å². The molecule has 4 atom stereocenters. The van der Waals surface area contributed by atoms with Gasteiger partial charge in [-0.05, 0) is 38.1 Å². The number of ether oxygens (including phenoxy) is 5. The fourth-order valence-corrected chi connectivity index (χ4v) is 3.58. The van der Waals surface area contributed by atoms with Gasteiger partial charge in [0.05, 0.1) is 17.7 Å². The lowest BCUT2D eigenvalue weighted by molar-refractivity contribution is -0.299. The van der Waals surface area contributed by atoms with E-state index in [1.165, 1.54) is 0 Å². The second-order valence-corrected chi connectivity index (χ2v) is 7.71. The summed E-state index contributed by atoms with van der Waals surface area (Å²) in [5, 5.41) is 0. The largest absolute Gasteiger partial charge is 0.459 e. The average molecular weight is 412 g/mol. The standard InChI is InChI=1S/C23H24O7/c1-23(2)27-14-18-20(30-23)19(29-22(25)16-11-7-4-8-12-16)17(28-18)13-26-21(24)15-9-5-3-6-10-15/h3-12,17-20H,13-14H2,1-2H3/t17-,18+,19-,20-/m1/s1. The topological polar surface area (TPSA) is 80.3 Å². The highest BCUT2D eigenvalue weighted by molar-refractivity contribution is 5.90. The van der Waals surface area contributed by atoms with Crippen LogP contribution in [0.15, 0.2) is 60.7 Å². The Hall–Kier alpha value is -2.74. The van der Waals surface area contributed by atoms with Crippen molar-refractivity contribution in [2.45, 2.75) is 44.1 Å². The molecule has 2 heterocycles. The number of hydrogen-bond acceptors (Lipinski definition) is 7. The Kier molecular flexibility index (Phi) is 5.85. The minimum atomic E-state index is -0.836. The molecule has 0 unspecified atom stereocenters. The summed E-state index contributed by atoms with van der Waals surface area (Å²) in [7, 11) is 0. The average Bonchev–Trinajstić information content (AvgIpc) is 3.08. The first-order valence-electron chi connectivity index (χ1n) is 9.88. The number of benzene rings is 2. The lowest BCUT2D eigenvalue weighted by Crippen LogP contribution is -2.51. The summed E-state index contributed by atoms with van der Waals surface area (Å²) in [6, 6.07) is 17.4. The Labute approximate surface area is 174 Å². The molecule has 0 spiro atoms. The number of carbonyl (C=O) groups is 2. The molecule has 2 aliphatic rings. The summed E-state index contributed by atoms with van der Waals surface area (Å²) in [6.45, 7) is 3.81. The minimum absolute atomic E-state index is 0.0722. The first-order valence-corrected chi connectivity index (χ1v) is 9.88. The third kappa shape index (κ3) is 4.53. The highest BCUT2D eigenvalue weighted by atomic mass is 16.7. The van der Waals surface area contributed by atoms with Crippen LogP contribution in [0.4, 0.5) is 0 Å². The zero-order chi connectivity index (χ0) is 21.1. The Bertz CT molecular complexity index is 881. The molecule has 0 amide bonds. The Morgan fingerprint density at radius 1 is 0.967 bits per heavy atom. The molecule has 30 heavy (non-hydrogen) atoms. The predicted octanol–water partition coefficient (Wildman–Crippen LogP) is 2.99. The Morgan fingerprint density at radius 3 is 2.20 bits per heavy atom. The van der Waals surface area contributed by atoms with Crippen LogP contribution in [0.2, 0.25) is 0 Å². The predicted molar refractivity (Wildman–Crippen MR) is 106 cm³/mol. The molecule has 2 fully saturated rings. The zero-order valence-electron chi connectivity index (χ0n) is 16.9. The Balaban J connectivity index is 1.49. The highest BCUT2D eigenvalue weighted by Crippen LogP contribution is 2.35. The van der Waals surface area contributed by atoms with E-state index in [-0.39, 0.29) is 6.61 Å². The molecule has 4 rings (SSSR count). The van der Waals surface area contributed by atoms with Crippen LogP contribution in [0.25, 0.3) is 0 Å². The molecule has 0 N–H and O–H groups in total. The molecular formula is C23H24O7. The monoisotopic (exact) mass is 412 g/mol. The van der Waals surface area contributed by atoms with E-state index in [9.17, 15) is 9.59 Å². The fraction of sp³-hybridized carbons (Fsp3) is 0.391. The van der Waals surface area contributed by atoms with E-state index in [2.05, 4.69) is 0 Å². The molecule has 2 aromatic carbocycles. The molecule has 0 radical (unpaired) electrons. The van der Waals surface area contributed by atoms with Crippen molar-refractivity contribution < 1.29 is 33.3 Å². The molecule has 0 bridgehead atoms. The van der Waals surface area contributed by atoms with Gasteiger partial charge in [0.1, 0.15) is 24.9 Å². The van der Waals surface area contributed by atoms with Crippen LogP contribution in [0.3, 0.4) is 0 Å². The minimum Gasteiger partial charge on any atom is -0.459 e. The number of carbonyl (C=O) groups excluding carboxylic acids is 2. The first-order chi connectivity index (χ1) is 14.4. The van der Waals surface area contributed by atoms with Crippen LogP contribution in [-0.4, -0.2) is 55.4 Å². The lowest BCUT2D eigenvalue weighted by atomic mass is 10.1. The smallest absolute Gasteiger partial charge is 0.338 e. The van der Waals surface area contributed by atoms with Crippen molar-refractivity contribution in [2.24, 2.45) is 0 Å². The van der Waals surface area contributed by atoms with Gasteiger partial charge >= 0.3 is 11.9 Å². The van der Waals surface area contributed by atoms with Gasteiger partial charge in [0.15, 0.2) is 11.9 Å². The van der Waals surface area contributed by atoms with Crippen LogP contribution in [-0.2, 0) is 23.7 Å². The molecule has 2 aromatic rings. The summed E-state index contributed by atoms with van der Waals surface area (Å²) >= 11 is 0. The van der Waals surface area contributed by atoms with Gasteiger partial charge in [-0.1, -0.05) is 36.4 Å². The van der Waals surface area contributed by atoms with Gasteiger partial charge in [-0.15, -0.1) is 0 Å². The van der Waals surface area contributed by atoms with E-state index in [1.54, 1.807) is 62.4 Å². The van der Waals surface area contributed by atoms with Crippen molar-refractivity contribution >= 4 is 11.9 Å². The van der Waals surface area contributed by atoms with Gasteiger partial charge in [-0.2, -0.15) is 0 Å². The van der Waals surface area contributed by atoms with Gasteiger partial charge in [0, 0.05) is 0 Å². The fourth-order valence-electron chi connectivity index (χ4n) is 3.58. The van der Waals surface area contributed by atoms with Gasteiger partial charge in [-0.3, -0.25) is 0 Å². The van der Waals surface area contributed by atoms with Crippen LogP contribution in [0, 0.1) is 0 Å². The van der Waals surface area contributed by atoms with E-state index in [4.69, 9.17) is 23.7 Å². The molecule has 2 aliphatic heterocycles. The summed E-state index contributed by atoms with van der Waals surface area (Å²) < 4.78 is 28.9. The van der Waals surface area contributed by atoms with Crippen molar-refractivity contribution in [2.75, 3.05) is 13.2 Å². The summed E-state index contributed by atoms with van der Waals surface area (Å²) in [5.74, 6) is -1.80.